The number of carboxylic acids is 1. The first kappa shape index (κ1) is 10.9. The minimum Gasteiger partial charge on any atom is -0.476 e. The molecular weight excluding hydrogens is 187 g/mol. The van der Waals surface area contributed by atoms with Crippen LogP contribution in [0.5, 0.6) is 0 Å². The van der Waals surface area contributed by atoms with Crippen LogP contribution >= 0.6 is 0 Å². The molecule has 0 aromatic carbocycles. The van der Waals surface area contributed by atoms with Gasteiger partial charge in [-0.25, -0.2) is 13.6 Å². The van der Waals surface area contributed by atoms with Crippen LogP contribution in [-0.2, 0) is 4.79 Å². The van der Waals surface area contributed by atoms with E-state index in [-0.39, 0.29) is 0 Å². The second-order valence-corrected chi connectivity index (χ2v) is 1.77. The second-order valence-electron chi connectivity index (χ2n) is 1.77. The number of hydrogen-bond acceptors (Lipinski definition) is 1. The highest BCUT2D eigenvalue weighted by atomic mass is 19.3. The van der Waals surface area contributed by atoms with Gasteiger partial charge in [0.25, 0.3) is 0 Å². The van der Waals surface area contributed by atoms with E-state index in [0.29, 0.717) is 0 Å². The van der Waals surface area contributed by atoms with Gasteiger partial charge in [-0.1, -0.05) is 0 Å². The molecule has 0 saturated heterocycles. The van der Waals surface area contributed by atoms with Crippen molar-refractivity contribution < 1.29 is 31.9 Å². The van der Waals surface area contributed by atoms with Gasteiger partial charge in [-0.3, -0.25) is 0 Å². The monoisotopic (exact) mass is 190 g/mol. The predicted octanol–water partition coefficient (Wildman–Crippen LogP) is 1.83. The Morgan fingerprint density at radius 3 is 2.00 bits per heavy atom. The summed E-state index contributed by atoms with van der Waals surface area (Å²) in [4.78, 5) is 9.57. The summed E-state index contributed by atoms with van der Waals surface area (Å²) in [7, 11) is 0. The van der Waals surface area contributed by atoms with E-state index in [1.807, 2.05) is 0 Å². The lowest BCUT2D eigenvalue weighted by Crippen LogP contribution is -2.22. The van der Waals surface area contributed by atoms with Crippen LogP contribution < -0.4 is 0 Å². The fourth-order valence-electron chi connectivity index (χ4n) is 0.313. The lowest BCUT2D eigenvalue weighted by atomic mass is 10.3. The molecule has 1 N–H and O–H groups in total. The second kappa shape index (κ2) is 3.51. The minimum absolute atomic E-state index is 2.49. The average molecular weight is 190 g/mol. The number of allylic oxidation sites excluding steroid dienone is 1. The van der Waals surface area contributed by atoms with Gasteiger partial charge in [0, 0.05) is 0 Å². The zero-order valence-electron chi connectivity index (χ0n) is 5.45. The molecule has 0 rings (SSSR count). The molecule has 7 heteroatoms. The Kier molecular flexibility index (Phi) is 3.17. The number of carboxylic acid groups (broad SMARTS) is 1. The molecule has 0 aliphatic rings. The van der Waals surface area contributed by atoms with E-state index in [4.69, 9.17) is 5.11 Å². The topological polar surface area (TPSA) is 37.3 Å². The number of alkyl halides is 3. The van der Waals surface area contributed by atoms with Crippen LogP contribution in [0.1, 0.15) is 0 Å². The van der Waals surface area contributed by atoms with E-state index < -0.39 is 30.2 Å². The summed E-state index contributed by atoms with van der Waals surface area (Å²) in [6, 6.07) is 0. The standard InChI is InChI=1S/C5H3F5O2/c6-1-5(9,10)3(8)2(7)4(11)12/h1H2,(H,11,12)/b3-2+. The Hall–Kier alpha value is -1.14. The van der Waals surface area contributed by atoms with Crippen molar-refractivity contribution in [2.75, 3.05) is 6.67 Å². The molecule has 0 unspecified atom stereocenters. The summed E-state index contributed by atoms with van der Waals surface area (Å²) in [5.74, 6) is -12.8. The molecule has 0 radical (unpaired) electrons. The Bertz CT molecular complexity index is 222. The first-order chi connectivity index (χ1) is 5.33. The maximum atomic E-state index is 12.0. The minimum atomic E-state index is -4.71. The molecule has 0 spiro atoms. The molecule has 12 heavy (non-hydrogen) atoms. The van der Waals surface area contributed by atoms with Gasteiger partial charge in [0.1, 0.15) is 0 Å². The first-order valence-corrected chi connectivity index (χ1v) is 2.55. The molecule has 0 aromatic heterocycles. The molecule has 0 bridgehead atoms. The van der Waals surface area contributed by atoms with Gasteiger partial charge >= 0.3 is 11.9 Å². The Morgan fingerprint density at radius 2 is 1.75 bits per heavy atom. The van der Waals surface area contributed by atoms with Gasteiger partial charge < -0.3 is 5.11 Å². The summed E-state index contributed by atoms with van der Waals surface area (Å²) in [6.07, 6.45) is 0. The van der Waals surface area contributed by atoms with Gasteiger partial charge in [0.15, 0.2) is 6.67 Å². The Labute approximate surface area is 63.3 Å². The van der Waals surface area contributed by atoms with Crippen molar-refractivity contribution in [1.29, 1.82) is 0 Å². The van der Waals surface area contributed by atoms with Gasteiger partial charge in [0.05, 0.1) is 0 Å². The van der Waals surface area contributed by atoms with Crippen molar-refractivity contribution in [3.63, 3.8) is 0 Å². The van der Waals surface area contributed by atoms with Gasteiger partial charge in [-0.05, 0) is 0 Å². The third-order valence-electron chi connectivity index (χ3n) is 0.869. The number of aliphatic carboxylic acids is 1. The van der Waals surface area contributed by atoms with Crippen LogP contribution in [-0.4, -0.2) is 23.7 Å². The number of rotatable bonds is 3. The summed E-state index contributed by atoms with van der Waals surface area (Å²) < 4.78 is 58.8. The van der Waals surface area contributed by atoms with E-state index in [9.17, 15) is 26.7 Å². The zero-order chi connectivity index (χ0) is 9.94. The molecule has 0 aromatic rings. The number of hydrogen-bond donors (Lipinski definition) is 1. The summed E-state index contributed by atoms with van der Waals surface area (Å²) in [5, 5.41) is 7.68. The predicted molar refractivity (Wildman–Crippen MR) is 27.8 cm³/mol. The molecule has 70 valence electrons. The highest BCUT2D eigenvalue weighted by Crippen LogP contribution is 2.28. The van der Waals surface area contributed by atoms with E-state index >= 15 is 0 Å². The van der Waals surface area contributed by atoms with E-state index in [0.717, 1.165) is 0 Å². The van der Waals surface area contributed by atoms with Gasteiger partial charge in [0.2, 0.25) is 11.7 Å². The zero-order valence-corrected chi connectivity index (χ0v) is 5.45. The van der Waals surface area contributed by atoms with Crippen molar-refractivity contribution in [2.24, 2.45) is 0 Å². The van der Waals surface area contributed by atoms with E-state index in [1.54, 1.807) is 0 Å². The third kappa shape index (κ3) is 2.18. The van der Waals surface area contributed by atoms with Crippen LogP contribution in [0, 0.1) is 0 Å². The van der Waals surface area contributed by atoms with Crippen LogP contribution in [0.25, 0.3) is 0 Å². The number of halogens is 5. The largest absolute Gasteiger partial charge is 0.476 e. The smallest absolute Gasteiger partial charge is 0.367 e. The first-order valence-electron chi connectivity index (χ1n) is 2.55. The lowest BCUT2D eigenvalue weighted by Gasteiger charge is -2.08. The summed E-state index contributed by atoms with van der Waals surface area (Å²) in [6.45, 7) is -2.49. The molecule has 2 nitrogen and oxygen atoms in total. The summed E-state index contributed by atoms with van der Waals surface area (Å²) in [5.41, 5.74) is 0. The molecule has 0 aliphatic heterocycles. The summed E-state index contributed by atoms with van der Waals surface area (Å²) >= 11 is 0. The molecule has 0 aliphatic carbocycles. The van der Waals surface area contributed by atoms with Gasteiger partial charge in [-0.2, -0.15) is 13.2 Å². The van der Waals surface area contributed by atoms with Crippen molar-refractivity contribution in [3.05, 3.63) is 11.7 Å². The molecule has 0 fully saturated rings. The van der Waals surface area contributed by atoms with Crippen molar-refractivity contribution in [2.45, 2.75) is 5.92 Å². The molecule has 0 atom stereocenters. The van der Waals surface area contributed by atoms with Crippen LogP contribution in [0.3, 0.4) is 0 Å². The van der Waals surface area contributed by atoms with Crippen molar-refractivity contribution in [3.8, 4) is 0 Å². The maximum Gasteiger partial charge on any atom is 0.367 e. The SMILES string of the molecule is O=C(O)/C(F)=C(\F)C(F)(F)CF. The Balaban J connectivity index is 4.90. The van der Waals surface area contributed by atoms with Crippen molar-refractivity contribution >= 4 is 5.97 Å². The van der Waals surface area contributed by atoms with Crippen LogP contribution in [0.15, 0.2) is 11.7 Å². The van der Waals surface area contributed by atoms with Gasteiger partial charge in [-0.15, -0.1) is 0 Å². The Morgan fingerprint density at radius 1 is 1.33 bits per heavy atom. The maximum absolute atomic E-state index is 12.0. The molecule has 0 amide bonds. The van der Waals surface area contributed by atoms with E-state index in [2.05, 4.69) is 0 Å². The normalized spacial score (nSPS) is 14.1. The van der Waals surface area contributed by atoms with E-state index in [1.165, 1.54) is 0 Å². The lowest BCUT2D eigenvalue weighted by molar-refractivity contribution is -0.135. The fourth-order valence-corrected chi connectivity index (χ4v) is 0.313. The van der Waals surface area contributed by atoms with Crippen molar-refractivity contribution in [1.82, 2.24) is 0 Å². The highest BCUT2D eigenvalue weighted by Gasteiger charge is 2.40. The van der Waals surface area contributed by atoms with Crippen LogP contribution in [0.4, 0.5) is 22.0 Å². The quantitative estimate of drug-likeness (QED) is 0.544. The molecular formula is C5H3F5O2. The fraction of sp³-hybridized carbons (Fsp3) is 0.400. The third-order valence-corrected chi connectivity index (χ3v) is 0.869. The molecule has 0 heterocycles. The average Bonchev–Trinajstić information content (AvgIpc) is 2.01. The highest BCUT2D eigenvalue weighted by molar-refractivity contribution is 5.84. The molecule has 0 saturated carbocycles. The number of carbonyl (C=O) groups is 1. The van der Waals surface area contributed by atoms with Crippen LogP contribution in [0.2, 0.25) is 0 Å².